The Balaban J connectivity index is 1.55. The molecule has 3 saturated heterocycles. The first kappa shape index (κ1) is 12.9. The number of hydrogen-bond donors (Lipinski definition) is 1. The number of nitrogens with two attached hydrogens (primary N) is 1. The third kappa shape index (κ3) is 2.33. The van der Waals surface area contributed by atoms with Gasteiger partial charge in [0.05, 0.1) is 0 Å². The molecule has 104 valence electrons. The predicted molar refractivity (Wildman–Crippen MR) is 75.5 cm³/mol. The number of nitrogens with zero attached hydrogens (tertiary/aromatic N) is 2. The monoisotopic (exact) mass is 251 g/mol. The van der Waals surface area contributed by atoms with E-state index in [1.807, 2.05) is 0 Å². The van der Waals surface area contributed by atoms with Crippen LogP contribution in [0, 0.1) is 5.92 Å². The van der Waals surface area contributed by atoms with E-state index in [1.165, 1.54) is 51.6 Å². The van der Waals surface area contributed by atoms with Gasteiger partial charge in [-0.05, 0) is 71.5 Å². The molecule has 0 aromatic carbocycles. The van der Waals surface area contributed by atoms with Gasteiger partial charge >= 0.3 is 0 Å². The maximum Gasteiger partial charge on any atom is 0.0125 e. The number of fused-ring (bicyclic) bond motifs is 2. The zero-order valence-electron chi connectivity index (χ0n) is 12.0. The first-order chi connectivity index (χ1) is 8.65. The van der Waals surface area contributed by atoms with E-state index in [9.17, 15) is 0 Å². The van der Waals surface area contributed by atoms with Gasteiger partial charge in [-0.1, -0.05) is 0 Å². The summed E-state index contributed by atoms with van der Waals surface area (Å²) in [6, 6.07) is 3.01. The van der Waals surface area contributed by atoms with Crippen molar-refractivity contribution in [1.29, 1.82) is 0 Å². The molecule has 0 aromatic rings. The fraction of sp³-hybridized carbons (Fsp3) is 1.00. The molecule has 0 spiro atoms. The molecular formula is C15H29N3. The number of rotatable bonds is 2. The Morgan fingerprint density at radius 1 is 0.944 bits per heavy atom. The lowest BCUT2D eigenvalue weighted by Crippen LogP contribution is -2.51. The minimum Gasteiger partial charge on any atom is -0.328 e. The lowest BCUT2D eigenvalue weighted by atomic mass is 9.88. The minimum absolute atomic E-state index is 0.390. The summed E-state index contributed by atoms with van der Waals surface area (Å²) < 4.78 is 0. The van der Waals surface area contributed by atoms with Gasteiger partial charge in [0, 0.05) is 24.2 Å². The first-order valence-electron chi connectivity index (χ1n) is 7.86. The summed E-state index contributed by atoms with van der Waals surface area (Å²) in [5.41, 5.74) is 6.04. The molecule has 3 aliphatic rings. The van der Waals surface area contributed by atoms with Crippen LogP contribution in [0.25, 0.3) is 0 Å². The molecule has 2 bridgehead atoms. The summed E-state index contributed by atoms with van der Waals surface area (Å²) in [6.45, 7) is 4.76. The van der Waals surface area contributed by atoms with Crippen molar-refractivity contribution in [3.05, 3.63) is 0 Å². The average Bonchev–Trinajstić information content (AvgIpc) is 2.62. The molecule has 3 unspecified atom stereocenters. The Hall–Kier alpha value is -0.120. The molecule has 3 fully saturated rings. The van der Waals surface area contributed by atoms with Gasteiger partial charge in [-0.2, -0.15) is 0 Å². The normalized spacial score (nSPS) is 41.2. The number of likely N-dealkylation sites (tertiary alicyclic amines) is 1. The van der Waals surface area contributed by atoms with Crippen molar-refractivity contribution >= 4 is 0 Å². The molecule has 3 nitrogen and oxygen atoms in total. The second-order valence-electron chi connectivity index (χ2n) is 6.91. The van der Waals surface area contributed by atoms with Gasteiger partial charge < -0.3 is 15.5 Å². The topological polar surface area (TPSA) is 32.5 Å². The first-order valence-corrected chi connectivity index (χ1v) is 7.86. The lowest BCUT2D eigenvalue weighted by molar-refractivity contribution is 0.0505. The third-order valence-corrected chi connectivity index (χ3v) is 5.91. The van der Waals surface area contributed by atoms with Crippen LogP contribution in [-0.2, 0) is 0 Å². The van der Waals surface area contributed by atoms with Crippen LogP contribution in [0.15, 0.2) is 0 Å². The maximum atomic E-state index is 6.04. The van der Waals surface area contributed by atoms with Gasteiger partial charge in [-0.15, -0.1) is 0 Å². The van der Waals surface area contributed by atoms with Gasteiger partial charge in [0.25, 0.3) is 0 Å². The Bertz CT molecular complexity index is 269. The van der Waals surface area contributed by atoms with Gasteiger partial charge in [-0.25, -0.2) is 0 Å². The molecule has 3 atom stereocenters. The standard InChI is InChI=1S/C15H29N3/c1-11(16)12-5-7-18(8-6-12)15-9-13-3-4-14(10-15)17(13)2/h11-15H,3-10,16H2,1-2H3. The zero-order chi connectivity index (χ0) is 12.7. The second-order valence-corrected chi connectivity index (χ2v) is 6.91. The molecule has 0 amide bonds. The molecule has 3 heteroatoms. The average molecular weight is 251 g/mol. The summed E-state index contributed by atoms with van der Waals surface area (Å²) in [6.07, 6.45) is 8.34. The Morgan fingerprint density at radius 3 is 2.00 bits per heavy atom. The van der Waals surface area contributed by atoms with Crippen LogP contribution in [0.5, 0.6) is 0 Å². The highest BCUT2D eigenvalue weighted by Gasteiger charge is 2.40. The van der Waals surface area contributed by atoms with E-state index in [0.29, 0.717) is 6.04 Å². The van der Waals surface area contributed by atoms with Crippen LogP contribution in [-0.4, -0.2) is 54.1 Å². The van der Waals surface area contributed by atoms with E-state index in [0.717, 1.165) is 24.0 Å². The number of piperidine rings is 2. The van der Waals surface area contributed by atoms with Crippen LogP contribution >= 0.6 is 0 Å². The van der Waals surface area contributed by atoms with E-state index in [1.54, 1.807) is 0 Å². The maximum absolute atomic E-state index is 6.04. The summed E-state index contributed by atoms with van der Waals surface area (Å²) >= 11 is 0. The molecule has 3 heterocycles. The predicted octanol–water partition coefficient (Wildman–Crippen LogP) is 1.67. The Morgan fingerprint density at radius 2 is 1.50 bits per heavy atom. The number of hydrogen-bond acceptors (Lipinski definition) is 3. The summed E-state index contributed by atoms with van der Waals surface area (Å²) in [5.74, 6) is 0.768. The van der Waals surface area contributed by atoms with E-state index in [-0.39, 0.29) is 0 Å². The van der Waals surface area contributed by atoms with Gasteiger partial charge in [-0.3, -0.25) is 0 Å². The van der Waals surface area contributed by atoms with Crippen LogP contribution in [0.1, 0.15) is 45.4 Å². The highest BCUT2D eigenvalue weighted by molar-refractivity contribution is 4.97. The van der Waals surface area contributed by atoms with Crippen LogP contribution in [0.2, 0.25) is 0 Å². The van der Waals surface area contributed by atoms with Crippen molar-refractivity contribution in [2.75, 3.05) is 20.1 Å². The van der Waals surface area contributed by atoms with E-state index >= 15 is 0 Å². The molecule has 3 rings (SSSR count). The van der Waals surface area contributed by atoms with E-state index in [2.05, 4.69) is 23.8 Å². The van der Waals surface area contributed by atoms with Crippen LogP contribution in [0.4, 0.5) is 0 Å². The van der Waals surface area contributed by atoms with Crippen molar-refractivity contribution in [3.8, 4) is 0 Å². The fourth-order valence-electron chi connectivity index (χ4n) is 4.49. The highest BCUT2D eigenvalue weighted by Crippen LogP contribution is 2.37. The quantitative estimate of drug-likeness (QED) is 0.810. The minimum atomic E-state index is 0.390. The van der Waals surface area contributed by atoms with Gasteiger partial charge in [0.1, 0.15) is 0 Å². The van der Waals surface area contributed by atoms with Crippen LogP contribution < -0.4 is 5.73 Å². The highest BCUT2D eigenvalue weighted by atomic mass is 15.2. The lowest BCUT2D eigenvalue weighted by Gasteiger charge is -2.44. The van der Waals surface area contributed by atoms with Crippen molar-refractivity contribution in [2.45, 2.75) is 69.6 Å². The molecule has 3 aliphatic heterocycles. The molecule has 18 heavy (non-hydrogen) atoms. The molecule has 0 saturated carbocycles. The second kappa shape index (κ2) is 5.10. The van der Waals surface area contributed by atoms with Crippen molar-refractivity contribution < 1.29 is 0 Å². The van der Waals surface area contributed by atoms with E-state index < -0.39 is 0 Å². The van der Waals surface area contributed by atoms with Crippen molar-refractivity contribution in [3.63, 3.8) is 0 Å². The van der Waals surface area contributed by atoms with E-state index in [4.69, 9.17) is 5.73 Å². The smallest absolute Gasteiger partial charge is 0.0125 e. The van der Waals surface area contributed by atoms with Crippen molar-refractivity contribution in [1.82, 2.24) is 9.80 Å². The van der Waals surface area contributed by atoms with Crippen LogP contribution in [0.3, 0.4) is 0 Å². The molecule has 2 N–H and O–H groups in total. The largest absolute Gasteiger partial charge is 0.328 e. The zero-order valence-corrected chi connectivity index (χ0v) is 12.0. The SMILES string of the molecule is CC(N)C1CCN(C2CC3CCC(C2)N3C)CC1. The molecule has 0 radical (unpaired) electrons. The summed E-state index contributed by atoms with van der Waals surface area (Å²) in [4.78, 5) is 5.42. The van der Waals surface area contributed by atoms with Gasteiger partial charge in [0.2, 0.25) is 0 Å². The molecular weight excluding hydrogens is 222 g/mol. The Labute approximate surface area is 112 Å². The fourth-order valence-corrected chi connectivity index (χ4v) is 4.49. The van der Waals surface area contributed by atoms with Gasteiger partial charge in [0.15, 0.2) is 0 Å². The molecule has 0 aromatic heterocycles. The third-order valence-electron chi connectivity index (χ3n) is 5.91. The summed E-state index contributed by atoms with van der Waals surface area (Å²) in [5, 5.41) is 0. The Kier molecular flexibility index (Phi) is 3.65. The summed E-state index contributed by atoms with van der Waals surface area (Å²) in [7, 11) is 2.33. The van der Waals surface area contributed by atoms with Crippen molar-refractivity contribution in [2.24, 2.45) is 11.7 Å². The molecule has 0 aliphatic carbocycles.